The molecular weight excluding hydrogens is 198 g/mol. The molecule has 0 aromatic carbocycles. The lowest BCUT2D eigenvalue weighted by atomic mass is 10.2. The number of aromatic nitrogens is 1. The third-order valence-electron chi connectivity index (χ3n) is 2.36. The summed E-state index contributed by atoms with van der Waals surface area (Å²) in [7, 11) is 0. The van der Waals surface area contributed by atoms with Crippen LogP contribution in [0.15, 0.2) is 12.3 Å². The molecule has 0 aliphatic carbocycles. The second kappa shape index (κ2) is 4.16. The zero-order chi connectivity index (χ0) is 11.6. The van der Waals surface area contributed by atoms with Crippen LogP contribution in [0.5, 0.6) is 0 Å². The van der Waals surface area contributed by atoms with Gasteiger partial charge in [-0.1, -0.05) is 6.92 Å². The Hall–Kier alpha value is -1.78. The average molecular weight is 211 g/mol. The molecule has 1 aromatic rings. The second-order valence-electron chi connectivity index (χ2n) is 3.26. The van der Waals surface area contributed by atoms with Crippen molar-refractivity contribution in [2.75, 3.05) is 0 Å². The molecule has 0 bridgehead atoms. The van der Waals surface area contributed by atoms with Gasteiger partial charge >= 0.3 is 11.9 Å². The molecule has 1 heterocycles. The fourth-order valence-corrected chi connectivity index (χ4v) is 1.53. The first kappa shape index (κ1) is 11.3. The molecule has 0 fully saturated rings. The number of carbonyl (C=O) groups is 2. The number of carboxylic acids is 2. The standard InChI is InChI=1S/C10H13NO4/c1-3-8-7(10(14)15)4-5-11(8)6(2)9(12)13/h4-6H,3H2,1-2H3,(H,12,13)(H,14,15). The highest BCUT2D eigenvalue weighted by atomic mass is 16.4. The van der Waals surface area contributed by atoms with Gasteiger partial charge in [-0.3, -0.25) is 0 Å². The number of aliphatic carboxylic acids is 1. The van der Waals surface area contributed by atoms with Gasteiger partial charge in [0.15, 0.2) is 0 Å². The van der Waals surface area contributed by atoms with Crippen LogP contribution in [0.2, 0.25) is 0 Å². The third kappa shape index (κ3) is 2.01. The van der Waals surface area contributed by atoms with Crippen LogP contribution in [0.25, 0.3) is 0 Å². The van der Waals surface area contributed by atoms with Crippen molar-refractivity contribution in [3.05, 3.63) is 23.5 Å². The first-order valence-corrected chi connectivity index (χ1v) is 4.64. The van der Waals surface area contributed by atoms with Crippen molar-refractivity contribution in [2.45, 2.75) is 26.3 Å². The molecule has 0 aliphatic rings. The van der Waals surface area contributed by atoms with E-state index in [1.54, 1.807) is 6.92 Å². The predicted molar refractivity (Wildman–Crippen MR) is 53.1 cm³/mol. The van der Waals surface area contributed by atoms with E-state index in [4.69, 9.17) is 10.2 Å². The Labute approximate surface area is 87.0 Å². The summed E-state index contributed by atoms with van der Waals surface area (Å²) in [4.78, 5) is 21.6. The topological polar surface area (TPSA) is 79.5 Å². The monoisotopic (exact) mass is 211 g/mol. The van der Waals surface area contributed by atoms with E-state index in [0.717, 1.165) is 0 Å². The van der Waals surface area contributed by atoms with Crippen LogP contribution in [0.4, 0.5) is 0 Å². The number of rotatable bonds is 4. The van der Waals surface area contributed by atoms with Crippen molar-refractivity contribution in [3.8, 4) is 0 Å². The van der Waals surface area contributed by atoms with Gasteiger partial charge in [-0.2, -0.15) is 0 Å². The molecule has 0 saturated heterocycles. The summed E-state index contributed by atoms with van der Waals surface area (Å²) >= 11 is 0. The van der Waals surface area contributed by atoms with Crippen LogP contribution in [0, 0.1) is 0 Å². The zero-order valence-electron chi connectivity index (χ0n) is 8.60. The molecule has 0 amide bonds. The van der Waals surface area contributed by atoms with Gasteiger partial charge in [-0.15, -0.1) is 0 Å². The Morgan fingerprint density at radius 2 is 2.07 bits per heavy atom. The van der Waals surface area contributed by atoms with Crippen LogP contribution >= 0.6 is 0 Å². The van der Waals surface area contributed by atoms with Crippen LogP contribution in [-0.2, 0) is 11.2 Å². The third-order valence-corrected chi connectivity index (χ3v) is 2.36. The maximum absolute atomic E-state index is 10.8. The minimum Gasteiger partial charge on any atom is -0.480 e. The molecule has 1 atom stereocenters. The Balaban J connectivity index is 3.20. The van der Waals surface area contributed by atoms with Crippen LogP contribution < -0.4 is 0 Å². The lowest BCUT2D eigenvalue weighted by Crippen LogP contribution is -2.17. The summed E-state index contributed by atoms with van der Waals surface area (Å²) in [5, 5.41) is 17.7. The van der Waals surface area contributed by atoms with E-state index in [2.05, 4.69) is 0 Å². The lowest BCUT2D eigenvalue weighted by molar-refractivity contribution is -0.140. The molecular formula is C10H13NO4. The molecule has 2 N–H and O–H groups in total. The van der Waals surface area contributed by atoms with Gasteiger partial charge in [0.25, 0.3) is 0 Å². The molecule has 0 saturated carbocycles. The first-order valence-electron chi connectivity index (χ1n) is 4.64. The van der Waals surface area contributed by atoms with Crippen molar-refractivity contribution in [1.82, 2.24) is 4.57 Å². The molecule has 0 aliphatic heterocycles. The molecule has 0 spiro atoms. The second-order valence-corrected chi connectivity index (χ2v) is 3.26. The maximum atomic E-state index is 10.8. The largest absolute Gasteiger partial charge is 0.480 e. The minimum atomic E-state index is -1.02. The Morgan fingerprint density at radius 3 is 2.47 bits per heavy atom. The van der Waals surface area contributed by atoms with E-state index >= 15 is 0 Å². The number of nitrogens with zero attached hydrogens (tertiary/aromatic N) is 1. The van der Waals surface area contributed by atoms with Crippen molar-refractivity contribution < 1.29 is 19.8 Å². The summed E-state index contributed by atoms with van der Waals surface area (Å²) in [6.07, 6.45) is 1.99. The fraction of sp³-hybridized carbons (Fsp3) is 0.400. The molecule has 1 aromatic heterocycles. The zero-order valence-corrected chi connectivity index (χ0v) is 8.60. The van der Waals surface area contributed by atoms with Crippen molar-refractivity contribution in [2.24, 2.45) is 0 Å². The van der Waals surface area contributed by atoms with Crippen molar-refractivity contribution in [3.63, 3.8) is 0 Å². The van der Waals surface area contributed by atoms with Gasteiger partial charge in [0.1, 0.15) is 6.04 Å². The number of carboxylic acid groups (broad SMARTS) is 2. The van der Waals surface area contributed by atoms with Crippen LogP contribution in [0.3, 0.4) is 0 Å². The van der Waals surface area contributed by atoms with Gasteiger partial charge in [0.05, 0.1) is 5.56 Å². The van der Waals surface area contributed by atoms with E-state index in [1.807, 2.05) is 0 Å². The van der Waals surface area contributed by atoms with Gasteiger partial charge in [0, 0.05) is 11.9 Å². The van der Waals surface area contributed by atoms with Gasteiger partial charge in [-0.25, -0.2) is 9.59 Å². The molecule has 82 valence electrons. The number of hydrogen-bond acceptors (Lipinski definition) is 2. The smallest absolute Gasteiger partial charge is 0.337 e. The highest BCUT2D eigenvalue weighted by molar-refractivity contribution is 5.89. The lowest BCUT2D eigenvalue weighted by Gasteiger charge is -2.12. The summed E-state index contributed by atoms with van der Waals surface area (Å²) in [6.45, 7) is 3.32. The maximum Gasteiger partial charge on any atom is 0.337 e. The average Bonchev–Trinajstić information content (AvgIpc) is 2.59. The highest BCUT2D eigenvalue weighted by Gasteiger charge is 2.20. The van der Waals surface area contributed by atoms with Gasteiger partial charge in [0.2, 0.25) is 0 Å². The molecule has 15 heavy (non-hydrogen) atoms. The summed E-state index contributed by atoms with van der Waals surface area (Å²) in [5.41, 5.74) is 0.711. The summed E-state index contributed by atoms with van der Waals surface area (Å²) in [6, 6.07) is 0.689. The molecule has 5 nitrogen and oxygen atoms in total. The van der Waals surface area contributed by atoms with Gasteiger partial charge < -0.3 is 14.8 Å². The van der Waals surface area contributed by atoms with E-state index < -0.39 is 18.0 Å². The molecule has 5 heteroatoms. The van der Waals surface area contributed by atoms with Crippen LogP contribution in [-0.4, -0.2) is 26.7 Å². The predicted octanol–water partition coefficient (Wildman–Crippen LogP) is 1.39. The van der Waals surface area contributed by atoms with E-state index in [-0.39, 0.29) is 5.56 Å². The highest BCUT2D eigenvalue weighted by Crippen LogP contribution is 2.17. The summed E-state index contributed by atoms with van der Waals surface area (Å²) < 4.78 is 1.48. The van der Waals surface area contributed by atoms with Crippen molar-refractivity contribution >= 4 is 11.9 Å². The quantitative estimate of drug-likeness (QED) is 0.788. The Morgan fingerprint density at radius 1 is 1.47 bits per heavy atom. The minimum absolute atomic E-state index is 0.172. The van der Waals surface area contributed by atoms with E-state index in [9.17, 15) is 9.59 Å². The SMILES string of the molecule is CCc1c(C(=O)O)ccn1C(C)C(=O)O. The Bertz CT molecular complexity index is 394. The fourth-order valence-electron chi connectivity index (χ4n) is 1.53. The van der Waals surface area contributed by atoms with Crippen molar-refractivity contribution in [1.29, 1.82) is 0 Å². The van der Waals surface area contributed by atoms with E-state index in [1.165, 1.54) is 23.8 Å². The molecule has 1 rings (SSSR count). The molecule has 0 radical (unpaired) electrons. The van der Waals surface area contributed by atoms with Gasteiger partial charge in [-0.05, 0) is 19.4 Å². The first-order chi connectivity index (χ1) is 6.99. The van der Waals surface area contributed by atoms with E-state index in [0.29, 0.717) is 12.1 Å². The Kier molecular flexibility index (Phi) is 3.14. The molecule has 1 unspecified atom stereocenters. The normalized spacial score (nSPS) is 12.4. The van der Waals surface area contributed by atoms with Crippen LogP contribution in [0.1, 0.15) is 35.9 Å². The number of aromatic carboxylic acids is 1. The number of hydrogen-bond donors (Lipinski definition) is 2. The summed E-state index contributed by atoms with van der Waals surface area (Å²) in [5.74, 6) is -2.00.